The highest BCUT2D eigenvalue weighted by molar-refractivity contribution is 7.13. The molecule has 0 aromatic carbocycles. The lowest BCUT2D eigenvalue weighted by Crippen LogP contribution is -2.27. The number of pyridine rings is 1. The number of carbonyl (C=O) groups excluding carboxylic acids is 2. The molecule has 0 aliphatic carbocycles. The first-order valence-corrected chi connectivity index (χ1v) is 11.7. The zero-order valence-corrected chi connectivity index (χ0v) is 20.3. The van der Waals surface area contributed by atoms with Crippen LogP contribution in [-0.2, 0) is 12.6 Å². The molecule has 0 aliphatic heterocycles. The van der Waals surface area contributed by atoms with Gasteiger partial charge in [-0.3, -0.25) is 9.59 Å². The molecule has 2 amide bonds. The van der Waals surface area contributed by atoms with Gasteiger partial charge in [-0.15, -0.1) is 11.3 Å². The van der Waals surface area contributed by atoms with Crippen molar-refractivity contribution in [2.24, 2.45) is 0 Å². The fourth-order valence-electron chi connectivity index (χ4n) is 3.27. The average molecular weight is 529 g/mol. The van der Waals surface area contributed by atoms with E-state index in [9.17, 15) is 22.8 Å². The summed E-state index contributed by atoms with van der Waals surface area (Å²) in [6, 6.07) is 1.71. The highest BCUT2D eigenvalue weighted by atomic mass is 32.1. The van der Waals surface area contributed by atoms with Crippen molar-refractivity contribution in [2.75, 3.05) is 5.32 Å². The number of aryl methyl sites for hydroxylation is 1. The first kappa shape index (κ1) is 25.8. The SMILES string of the molecule is CCc1cnc(NC(=O)c2cnc(C(C)NC(=O)c3cc(-c4cncnc4)ncn3)s2)cc1C(F)(F)F. The van der Waals surface area contributed by atoms with E-state index < -0.39 is 29.6 Å². The molecule has 1 atom stereocenters. The number of rotatable bonds is 7. The molecule has 0 bridgehead atoms. The Labute approximate surface area is 212 Å². The normalized spacial score (nSPS) is 12.1. The molecule has 0 saturated heterocycles. The van der Waals surface area contributed by atoms with E-state index in [2.05, 4.69) is 40.5 Å². The maximum absolute atomic E-state index is 13.3. The zero-order chi connectivity index (χ0) is 26.6. The van der Waals surface area contributed by atoms with Crippen molar-refractivity contribution >= 4 is 29.0 Å². The summed E-state index contributed by atoms with van der Waals surface area (Å²) < 4.78 is 39.9. The first-order chi connectivity index (χ1) is 17.7. The summed E-state index contributed by atoms with van der Waals surface area (Å²) in [7, 11) is 0. The summed E-state index contributed by atoms with van der Waals surface area (Å²) in [5.41, 5.74) is 0.370. The number of hydrogen-bond acceptors (Lipinski definition) is 9. The van der Waals surface area contributed by atoms with Crippen LogP contribution in [0.3, 0.4) is 0 Å². The van der Waals surface area contributed by atoms with Crippen LogP contribution in [0.1, 0.15) is 56.2 Å². The lowest BCUT2D eigenvalue weighted by molar-refractivity contribution is -0.138. The van der Waals surface area contributed by atoms with Gasteiger partial charge in [-0.1, -0.05) is 6.92 Å². The molecule has 14 heteroatoms. The maximum Gasteiger partial charge on any atom is 0.416 e. The van der Waals surface area contributed by atoms with E-state index in [0.717, 1.165) is 23.6 Å². The Balaban J connectivity index is 1.43. The molecule has 0 aliphatic rings. The molecular formula is C23H19F3N8O2S. The average Bonchev–Trinajstić information content (AvgIpc) is 3.40. The molecule has 4 rings (SSSR count). The number of amides is 2. The summed E-state index contributed by atoms with van der Waals surface area (Å²) in [4.78, 5) is 49.5. The van der Waals surface area contributed by atoms with Gasteiger partial charge in [-0.2, -0.15) is 13.2 Å². The molecule has 1 unspecified atom stereocenters. The van der Waals surface area contributed by atoms with Crippen molar-refractivity contribution in [3.63, 3.8) is 0 Å². The highest BCUT2D eigenvalue weighted by Gasteiger charge is 2.33. The van der Waals surface area contributed by atoms with Crippen LogP contribution in [0.15, 0.2) is 49.6 Å². The summed E-state index contributed by atoms with van der Waals surface area (Å²) >= 11 is 0.986. The van der Waals surface area contributed by atoms with Crippen LogP contribution in [0.2, 0.25) is 0 Å². The third-order valence-electron chi connectivity index (χ3n) is 5.14. The minimum atomic E-state index is -4.57. The summed E-state index contributed by atoms with van der Waals surface area (Å²) in [6.07, 6.45) is 3.69. The molecule has 4 heterocycles. The number of halogens is 3. The van der Waals surface area contributed by atoms with Crippen LogP contribution >= 0.6 is 11.3 Å². The monoisotopic (exact) mass is 528 g/mol. The number of nitrogens with zero attached hydrogens (tertiary/aromatic N) is 6. The van der Waals surface area contributed by atoms with Crippen molar-refractivity contribution in [1.82, 2.24) is 35.2 Å². The van der Waals surface area contributed by atoms with Gasteiger partial charge in [0.05, 0.1) is 23.5 Å². The van der Waals surface area contributed by atoms with Crippen molar-refractivity contribution in [3.8, 4) is 11.3 Å². The lowest BCUT2D eigenvalue weighted by Gasteiger charge is -2.13. The van der Waals surface area contributed by atoms with E-state index in [-0.39, 0.29) is 28.4 Å². The Kier molecular flexibility index (Phi) is 7.47. The van der Waals surface area contributed by atoms with Crippen LogP contribution in [0.4, 0.5) is 19.0 Å². The van der Waals surface area contributed by atoms with Crippen molar-refractivity contribution in [1.29, 1.82) is 0 Å². The van der Waals surface area contributed by atoms with Gasteiger partial charge < -0.3 is 10.6 Å². The molecule has 0 radical (unpaired) electrons. The summed E-state index contributed by atoms with van der Waals surface area (Å²) in [6.45, 7) is 3.26. The molecule has 190 valence electrons. The first-order valence-electron chi connectivity index (χ1n) is 10.9. The zero-order valence-electron chi connectivity index (χ0n) is 19.4. The highest BCUT2D eigenvalue weighted by Crippen LogP contribution is 2.33. The second-order valence-electron chi connectivity index (χ2n) is 7.71. The Morgan fingerprint density at radius 2 is 1.73 bits per heavy atom. The van der Waals surface area contributed by atoms with E-state index >= 15 is 0 Å². The number of aromatic nitrogens is 6. The predicted molar refractivity (Wildman–Crippen MR) is 128 cm³/mol. The smallest absolute Gasteiger partial charge is 0.342 e. The number of thiazole rings is 1. The van der Waals surface area contributed by atoms with Crippen LogP contribution in [-0.4, -0.2) is 41.7 Å². The summed E-state index contributed by atoms with van der Waals surface area (Å²) in [5, 5.41) is 5.53. The Morgan fingerprint density at radius 3 is 2.43 bits per heavy atom. The fourth-order valence-corrected chi connectivity index (χ4v) is 4.09. The van der Waals surface area contributed by atoms with Crippen molar-refractivity contribution < 1.29 is 22.8 Å². The van der Waals surface area contributed by atoms with Gasteiger partial charge in [-0.05, 0) is 31.0 Å². The number of nitrogens with one attached hydrogen (secondary N) is 2. The van der Waals surface area contributed by atoms with Crippen LogP contribution < -0.4 is 10.6 Å². The molecule has 0 spiro atoms. The largest absolute Gasteiger partial charge is 0.416 e. The quantitative estimate of drug-likeness (QED) is 0.366. The number of alkyl halides is 3. The second-order valence-corrected chi connectivity index (χ2v) is 8.77. The van der Waals surface area contributed by atoms with E-state index in [4.69, 9.17) is 0 Å². The van der Waals surface area contributed by atoms with Gasteiger partial charge in [0.15, 0.2) is 0 Å². The van der Waals surface area contributed by atoms with Gasteiger partial charge in [-0.25, -0.2) is 29.9 Å². The third-order valence-corrected chi connectivity index (χ3v) is 6.31. The van der Waals surface area contributed by atoms with Crippen LogP contribution in [0.5, 0.6) is 0 Å². The van der Waals surface area contributed by atoms with E-state index in [0.29, 0.717) is 16.3 Å². The molecule has 0 fully saturated rings. The predicted octanol–water partition coefficient (Wildman–Crippen LogP) is 4.11. The van der Waals surface area contributed by atoms with Crippen molar-refractivity contribution in [2.45, 2.75) is 32.5 Å². The minimum Gasteiger partial charge on any atom is -0.342 e. The molecular weight excluding hydrogens is 509 g/mol. The van der Waals surface area contributed by atoms with E-state index in [1.54, 1.807) is 26.2 Å². The molecule has 4 aromatic rings. The molecule has 0 saturated carbocycles. The minimum absolute atomic E-state index is 0.0306. The van der Waals surface area contributed by atoms with Crippen LogP contribution in [0, 0.1) is 0 Å². The van der Waals surface area contributed by atoms with Crippen molar-refractivity contribution in [3.05, 3.63) is 76.3 Å². The lowest BCUT2D eigenvalue weighted by atomic mass is 10.1. The standard InChI is InChI=1S/C23H19F3N8O2S/c1-3-13-8-29-19(4-15(13)23(24,25)26)34-21(36)18-9-30-22(37-18)12(2)33-20(35)17-5-16(31-11-32-17)14-6-27-10-28-7-14/h4-12H,3H2,1-2H3,(H,33,35)(H,29,34,36). The molecule has 2 N–H and O–H groups in total. The summed E-state index contributed by atoms with van der Waals surface area (Å²) in [5.74, 6) is -1.39. The third kappa shape index (κ3) is 6.09. The molecule has 37 heavy (non-hydrogen) atoms. The number of hydrogen-bond donors (Lipinski definition) is 2. The number of carbonyl (C=O) groups is 2. The second kappa shape index (κ2) is 10.7. The van der Waals surface area contributed by atoms with Gasteiger partial charge in [0.1, 0.15) is 34.1 Å². The van der Waals surface area contributed by atoms with E-state index in [1.165, 1.54) is 24.9 Å². The topological polar surface area (TPSA) is 136 Å². The van der Waals surface area contributed by atoms with E-state index in [1.807, 2.05) is 0 Å². The Bertz CT molecular complexity index is 1430. The maximum atomic E-state index is 13.3. The molecule has 4 aromatic heterocycles. The van der Waals surface area contributed by atoms with Gasteiger partial charge in [0.25, 0.3) is 11.8 Å². The number of anilines is 1. The molecule has 10 nitrogen and oxygen atoms in total. The van der Waals surface area contributed by atoms with Gasteiger partial charge in [0.2, 0.25) is 0 Å². The van der Waals surface area contributed by atoms with Crippen LogP contribution in [0.25, 0.3) is 11.3 Å². The fraction of sp³-hybridized carbons (Fsp3) is 0.217. The van der Waals surface area contributed by atoms with Gasteiger partial charge >= 0.3 is 6.18 Å². The Hall–Kier alpha value is -4.33. The Morgan fingerprint density at radius 1 is 0.973 bits per heavy atom. The van der Waals surface area contributed by atoms with Gasteiger partial charge in [0, 0.05) is 24.2 Å².